The van der Waals surface area contributed by atoms with Crippen LogP contribution in [0.2, 0.25) is 0 Å². The Morgan fingerprint density at radius 1 is 1.19 bits per heavy atom. The minimum absolute atomic E-state index is 0. The number of amides is 1. The molecule has 27 heavy (non-hydrogen) atoms. The third-order valence-electron chi connectivity index (χ3n) is 5.48. The smallest absolute Gasteiger partial charge is 0.222 e. The molecule has 2 saturated heterocycles. The average molecular weight is 420 g/mol. The molecule has 6 nitrogen and oxygen atoms in total. The highest BCUT2D eigenvalue weighted by Gasteiger charge is 2.38. The molecule has 0 bridgehead atoms. The summed E-state index contributed by atoms with van der Waals surface area (Å²) in [6.07, 6.45) is 2.65. The van der Waals surface area contributed by atoms with Crippen molar-refractivity contribution in [1.82, 2.24) is 9.80 Å². The molecule has 1 aromatic carbocycles. The van der Waals surface area contributed by atoms with Crippen LogP contribution < -0.4 is 15.2 Å². The van der Waals surface area contributed by atoms with E-state index in [2.05, 4.69) is 11.0 Å². The van der Waals surface area contributed by atoms with Gasteiger partial charge in [0.2, 0.25) is 5.91 Å². The van der Waals surface area contributed by atoms with E-state index in [0.29, 0.717) is 31.5 Å². The van der Waals surface area contributed by atoms with Gasteiger partial charge in [0, 0.05) is 50.7 Å². The first kappa shape index (κ1) is 23.8. The minimum atomic E-state index is 0. The number of fused-ring (bicyclic) bond motifs is 1. The molecule has 0 saturated carbocycles. The zero-order chi connectivity index (χ0) is 17.8. The molecule has 2 heterocycles. The number of carbonyl (C=O) groups is 1. The zero-order valence-electron chi connectivity index (χ0n) is 16.1. The van der Waals surface area contributed by atoms with Crippen molar-refractivity contribution in [3.05, 3.63) is 23.8 Å². The highest BCUT2D eigenvalue weighted by Crippen LogP contribution is 2.33. The Kier molecular flexibility index (Phi) is 9.67. The Morgan fingerprint density at radius 2 is 1.96 bits per heavy atom. The fourth-order valence-electron chi connectivity index (χ4n) is 4.25. The monoisotopic (exact) mass is 419 g/mol. The van der Waals surface area contributed by atoms with Crippen molar-refractivity contribution in [3.8, 4) is 11.5 Å². The number of nitrogens with zero attached hydrogens (tertiary/aromatic N) is 2. The predicted molar refractivity (Wildman–Crippen MR) is 111 cm³/mol. The van der Waals surface area contributed by atoms with E-state index < -0.39 is 0 Å². The largest absolute Gasteiger partial charge is 0.497 e. The second-order valence-electron chi connectivity index (χ2n) is 6.94. The lowest BCUT2D eigenvalue weighted by atomic mass is 9.83. The van der Waals surface area contributed by atoms with Crippen LogP contribution in [0.1, 0.15) is 24.8 Å². The van der Waals surface area contributed by atoms with Gasteiger partial charge in [-0.05, 0) is 37.0 Å². The molecule has 2 N–H and O–H groups in total. The maximum absolute atomic E-state index is 12.2. The molecule has 1 amide bonds. The van der Waals surface area contributed by atoms with E-state index in [9.17, 15) is 4.79 Å². The third kappa shape index (κ3) is 5.41. The second-order valence-corrected chi connectivity index (χ2v) is 6.94. The SMILES string of the molecule is COc1ccc(OC)c(CN2CC[C@@H]3[C@@H](CCC(=O)N3CCN)C2)c1.Cl.Cl. The van der Waals surface area contributed by atoms with Gasteiger partial charge < -0.3 is 20.1 Å². The molecule has 1 aromatic rings. The van der Waals surface area contributed by atoms with Crippen molar-refractivity contribution in [2.24, 2.45) is 11.7 Å². The number of hydrogen-bond donors (Lipinski definition) is 1. The Balaban J connectivity index is 0.00000182. The Labute approximate surface area is 174 Å². The summed E-state index contributed by atoms with van der Waals surface area (Å²) >= 11 is 0. The molecule has 0 unspecified atom stereocenters. The van der Waals surface area contributed by atoms with Crippen LogP contribution in [-0.4, -0.2) is 62.1 Å². The number of nitrogens with two attached hydrogens (primary N) is 1. The number of halogens is 2. The summed E-state index contributed by atoms with van der Waals surface area (Å²) in [7, 11) is 3.39. The van der Waals surface area contributed by atoms with Gasteiger partial charge in [-0.3, -0.25) is 9.69 Å². The molecule has 2 fully saturated rings. The van der Waals surface area contributed by atoms with E-state index >= 15 is 0 Å². The van der Waals surface area contributed by atoms with Crippen molar-refractivity contribution in [3.63, 3.8) is 0 Å². The lowest BCUT2D eigenvalue weighted by molar-refractivity contribution is -0.141. The molecule has 2 atom stereocenters. The van der Waals surface area contributed by atoms with Gasteiger partial charge in [-0.2, -0.15) is 0 Å². The van der Waals surface area contributed by atoms with Crippen molar-refractivity contribution in [2.75, 3.05) is 40.4 Å². The number of ether oxygens (including phenoxy) is 2. The lowest BCUT2D eigenvalue weighted by Gasteiger charge is -2.47. The van der Waals surface area contributed by atoms with Crippen molar-refractivity contribution >= 4 is 30.7 Å². The van der Waals surface area contributed by atoms with Gasteiger partial charge in [0.25, 0.3) is 0 Å². The van der Waals surface area contributed by atoms with Crippen LogP contribution in [-0.2, 0) is 11.3 Å². The quantitative estimate of drug-likeness (QED) is 0.765. The van der Waals surface area contributed by atoms with E-state index in [0.717, 1.165) is 49.5 Å². The summed E-state index contributed by atoms with van der Waals surface area (Å²) in [5.74, 6) is 2.55. The van der Waals surface area contributed by atoms with E-state index in [1.165, 1.54) is 0 Å². The van der Waals surface area contributed by atoms with Crippen LogP contribution in [0.5, 0.6) is 11.5 Å². The van der Waals surface area contributed by atoms with E-state index in [1.807, 2.05) is 17.0 Å². The number of piperidine rings is 2. The van der Waals surface area contributed by atoms with Crippen molar-refractivity contribution in [1.29, 1.82) is 0 Å². The van der Waals surface area contributed by atoms with E-state index in [1.54, 1.807) is 14.2 Å². The van der Waals surface area contributed by atoms with Crippen LogP contribution in [0.15, 0.2) is 18.2 Å². The number of hydrogen-bond acceptors (Lipinski definition) is 5. The topological polar surface area (TPSA) is 68.0 Å². The molecule has 0 radical (unpaired) electrons. The van der Waals surface area contributed by atoms with Gasteiger partial charge in [-0.1, -0.05) is 0 Å². The molecule has 2 aliphatic heterocycles. The summed E-state index contributed by atoms with van der Waals surface area (Å²) < 4.78 is 10.9. The van der Waals surface area contributed by atoms with Gasteiger partial charge in [-0.15, -0.1) is 24.8 Å². The second kappa shape index (κ2) is 11.0. The average Bonchev–Trinajstić information content (AvgIpc) is 2.64. The van der Waals surface area contributed by atoms with Gasteiger partial charge in [0.05, 0.1) is 14.2 Å². The van der Waals surface area contributed by atoms with Crippen LogP contribution in [0, 0.1) is 5.92 Å². The summed E-state index contributed by atoms with van der Waals surface area (Å²) in [5, 5.41) is 0. The van der Waals surface area contributed by atoms with Gasteiger partial charge in [-0.25, -0.2) is 0 Å². The maximum atomic E-state index is 12.2. The lowest BCUT2D eigenvalue weighted by Crippen LogP contribution is -2.56. The first-order valence-electron chi connectivity index (χ1n) is 9.09. The normalized spacial score (nSPS) is 22.3. The number of rotatable bonds is 6. The molecule has 3 rings (SSSR count). The van der Waals surface area contributed by atoms with Crippen LogP contribution in [0.25, 0.3) is 0 Å². The Bertz CT molecular complexity index is 618. The fraction of sp³-hybridized carbons (Fsp3) is 0.632. The third-order valence-corrected chi connectivity index (χ3v) is 5.48. The summed E-state index contributed by atoms with van der Waals surface area (Å²) in [4.78, 5) is 16.7. The number of methoxy groups -OCH3 is 2. The molecular formula is C19H31Cl2N3O3. The van der Waals surface area contributed by atoms with Gasteiger partial charge in [0.1, 0.15) is 11.5 Å². The Morgan fingerprint density at radius 3 is 2.63 bits per heavy atom. The molecule has 8 heteroatoms. The van der Waals surface area contributed by atoms with Crippen molar-refractivity contribution < 1.29 is 14.3 Å². The summed E-state index contributed by atoms with van der Waals surface area (Å²) in [6.45, 7) is 4.06. The molecule has 0 aliphatic carbocycles. The predicted octanol–water partition coefficient (Wildman–Crippen LogP) is 2.32. The van der Waals surface area contributed by atoms with Gasteiger partial charge in [0.15, 0.2) is 0 Å². The van der Waals surface area contributed by atoms with Crippen LogP contribution in [0.4, 0.5) is 0 Å². The number of benzene rings is 1. The van der Waals surface area contributed by atoms with E-state index in [-0.39, 0.29) is 30.7 Å². The summed E-state index contributed by atoms with van der Waals surface area (Å²) in [6, 6.07) is 6.29. The molecule has 0 aromatic heterocycles. The molecule has 0 spiro atoms. The number of carbonyl (C=O) groups excluding carboxylic acids is 1. The fourth-order valence-corrected chi connectivity index (χ4v) is 4.25. The standard InChI is InChI=1S/C19H29N3O3.2ClH/c1-24-16-4-5-18(25-2)15(11-16)13-21-9-7-17-14(12-21)3-6-19(23)22(17)10-8-20;;/h4-5,11,14,17H,3,6-10,12-13,20H2,1-2H3;2*1H/t14-,17+;;/m0../s1. The molecular weight excluding hydrogens is 389 g/mol. The van der Waals surface area contributed by atoms with Crippen LogP contribution in [0.3, 0.4) is 0 Å². The van der Waals surface area contributed by atoms with E-state index in [4.69, 9.17) is 15.2 Å². The van der Waals surface area contributed by atoms with Crippen molar-refractivity contribution in [2.45, 2.75) is 31.8 Å². The molecule has 2 aliphatic rings. The first-order chi connectivity index (χ1) is 12.2. The van der Waals surface area contributed by atoms with Gasteiger partial charge >= 0.3 is 0 Å². The summed E-state index contributed by atoms with van der Waals surface area (Å²) in [5.41, 5.74) is 6.85. The zero-order valence-corrected chi connectivity index (χ0v) is 17.7. The highest BCUT2D eigenvalue weighted by molar-refractivity contribution is 5.85. The highest BCUT2D eigenvalue weighted by atomic mass is 35.5. The maximum Gasteiger partial charge on any atom is 0.222 e. The molecule has 154 valence electrons. The number of likely N-dealkylation sites (tertiary alicyclic amines) is 2. The minimum Gasteiger partial charge on any atom is -0.497 e. The first-order valence-corrected chi connectivity index (χ1v) is 9.09. The Hall–Kier alpha value is -1.21. The van der Waals surface area contributed by atoms with Crippen LogP contribution >= 0.6 is 24.8 Å².